The Morgan fingerprint density at radius 1 is 1.28 bits per heavy atom. The van der Waals surface area contributed by atoms with E-state index in [2.05, 4.69) is 29.6 Å². The first-order chi connectivity index (χ1) is 8.93. The maximum Gasteiger partial charge on any atom is 0.122 e. The minimum atomic E-state index is 0.527. The molecular formula is C16H21NO. The fourth-order valence-corrected chi connectivity index (χ4v) is 2.89. The highest BCUT2D eigenvalue weighted by atomic mass is 16.5. The quantitative estimate of drug-likeness (QED) is 0.633. The van der Waals surface area contributed by atoms with Gasteiger partial charge in [0.15, 0.2) is 0 Å². The van der Waals surface area contributed by atoms with Crippen LogP contribution in [0.4, 0.5) is 0 Å². The van der Waals surface area contributed by atoms with Crippen LogP contribution >= 0.6 is 0 Å². The van der Waals surface area contributed by atoms with E-state index in [0.717, 1.165) is 25.4 Å². The molecule has 1 atom stereocenters. The minimum Gasteiger partial charge on any atom is -0.493 e. The molecule has 2 heteroatoms. The lowest BCUT2D eigenvalue weighted by molar-refractivity contribution is 0.326. The zero-order valence-corrected chi connectivity index (χ0v) is 10.8. The Morgan fingerprint density at radius 3 is 3.11 bits per heavy atom. The van der Waals surface area contributed by atoms with Gasteiger partial charge in [0.2, 0.25) is 0 Å². The van der Waals surface area contributed by atoms with E-state index in [1.165, 1.54) is 31.2 Å². The molecule has 0 saturated carbocycles. The molecule has 96 valence electrons. The first kappa shape index (κ1) is 11.8. The average Bonchev–Trinajstić information content (AvgIpc) is 3.04. The SMILES string of the molecule is C1=C(CCNCC2COc3ccccc32)CCC1. The monoisotopic (exact) mass is 243 g/mol. The largest absolute Gasteiger partial charge is 0.493 e. The molecule has 0 bridgehead atoms. The van der Waals surface area contributed by atoms with Crippen molar-refractivity contribution in [2.24, 2.45) is 0 Å². The summed E-state index contributed by atoms with van der Waals surface area (Å²) in [7, 11) is 0. The lowest BCUT2D eigenvalue weighted by Crippen LogP contribution is -2.23. The summed E-state index contributed by atoms with van der Waals surface area (Å²) < 4.78 is 5.69. The van der Waals surface area contributed by atoms with E-state index in [-0.39, 0.29) is 0 Å². The van der Waals surface area contributed by atoms with Crippen LogP contribution < -0.4 is 10.1 Å². The number of para-hydroxylation sites is 1. The van der Waals surface area contributed by atoms with Gasteiger partial charge in [0, 0.05) is 18.0 Å². The fraction of sp³-hybridized carbons (Fsp3) is 0.500. The highest BCUT2D eigenvalue weighted by molar-refractivity contribution is 5.39. The zero-order chi connectivity index (χ0) is 12.2. The molecule has 1 aromatic rings. The van der Waals surface area contributed by atoms with Crippen molar-refractivity contribution in [2.45, 2.75) is 31.6 Å². The van der Waals surface area contributed by atoms with Crippen molar-refractivity contribution in [3.8, 4) is 5.75 Å². The van der Waals surface area contributed by atoms with Gasteiger partial charge in [-0.15, -0.1) is 0 Å². The summed E-state index contributed by atoms with van der Waals surface area (Å²) >= 11 is 0. The average molecular weight is 243 g/mol. The summed E-state index contributed by atoms with van der Waals surface area (Å²) in [6.07, 6.45) is 7.60. The Morgan fingerprint density at radius 2 is 2.22 bits per heavy atom. The molecule has 1 aromatic carbocycles. The van der Waals surface area contributed by atoms with E-state index < -0.39 is 0 Å². The molecule has 2 aliphatic rings. The number of fused-ring (bicyclic) bond motifs is 1. The van der Waals surface area contributed by atoms with Crippen LogP contribution in [0.5, 0.6) is 5.75 Å². The van der Waals surface area contributed by atoms with E-state index in [1.54, 1.807) is 5.57 Å². The second kappa shape index (κ2) is 5.57. The van der Waals surface area contributed by atoms with E-state index in [1.807, 2.05) is 6.07 Å². The summed E-state index contributed by atoms with van der Waals surface area (Å²) in [4.78, 5) is 0. The number of benzene rings is 1. The first-order valence-electron chi connectivity index (χ1n) is 7.04. The van der Waals surface area contributed by atoms with E-state index in [4.69, 9.17) is 4.74 Å². The van der Waals surface area contributed by atoms with Crippen LogP contribution in [0.25, 0.3) is 0 Å². The molecule has 0 spiro atoms. The van der Waals surface area contributed by atoms with E-state index >= 15 is 0 Å². The van der Waals surface area contributed by atoms with Crippen molar-refractivity contribution in [2.75, 3.05) is 19.7 Å². The Hall–Kier alpha value is -1.28. The number of allylic oxidation sites excluding steroid dienone is 1. The van der Waals surface area contributed by atoms with Crippen LogP contribution in [-0.2, 0) is 0 Å². The summed E-state index contributed by atoms with van der Waals surface area (Å²) in [5.74, 6) is 1.60. The van der Waals surface area contributed by atoms with Crippen molar-refractivity contribution < 1.29 is 4.74 Å². The second-order valence-electron chi connectivity index (χ2n) is 5.25. The van der Waals surface area contributed by atoms with Crippen LogP contribution in [0.3, 0.4) is 0 Å². The Balaban J connectivity index is 1.44. The highest BCUT2D eigenvalue weighted by Crippen LogP contribution is 2.32. The van der Waals surface area contributed by atoms with Crippen LogP contribution in [0, 0.1) is 0 Å². The van der Waals surface area contributed by atoms with Gasteiger partial charge in [0.1, 0.15) is 5.75 Å². The van der Waals surface area contributed by atoms with E-state index in [0.29, 0.717) is 5.92 Å². The molecule has 3 rings (SSSR count). The van der Waals surface area contributed by atoms with Crippen LogP contribution in [0.15, 0.2) is 35.9 Å². The smallest absolute Gasteiger partial charge is 0.122 e. The van der Waals surface area contributed by atoms with Gasteiger partial charge in [-0.3, -0.25) is 0 Å². The molecular weight excluding hydrogens is 222 g/mol. The van der Waals surface area contributed by atoms with Crippen molar-refractivity contribution >= 4 is 0 Å². The highest BCUT2D eigenvalue weighted by Gasteiger charge is 2.22. The van der Waals surface area contributed by atoms with Gasteiger partial charge in [-0.05, 0) is 38.3 Å². The molecule has 1 aliphatic heterocycles. The van der Waals surface area contributed by atoms with Gasteiger partial charge >= 0.3 is 0 Å². The molecule has 18 heavy (non-hydrogen) atoms. The van der Waals surface area contributed by atoms with E-state index in [9.17, 15) is 0 Å². The number of ether oxygens (including phenoxy) is 1. The second-order valence-corrected chi connectivity index (χ2v) is 5.25. The molecule has 0 aromatic heterocycles. The van der Waals surface area contributed by atoms with Gasteiger partial charge in [0.05, 0.1) is 6.61 Å². The van der Waals surface area contributed by atoms with Crippen molar-refractivity contribution in [3.05, 3.63) is 41.5 Å². The molecule has 0 radical (unpaired) electrons. The lowest BCUT2D eigenvalue weighted by Gasteiger charge is -2.10. The maximum atomic E-state index is 5.69. The fourth-order valence-electron chi connectivity index (χ4n) is 2.89. The third kappa shape index (κ3) is 2.59. The maximum absolute atomic E-state index is 5.69. The summed E-state index contributed by atoms with van der Waals surface area (Å²) in [5, 5.41) is 3.57. The van der Waals surface area contributed by atoms with Gasteiger partial charge in [-0.2, -0.15) is 0 Å². The predicted molar refractivity (Wildman–Crippen MR) is 74.1 cm³/mol. The number of rotatable bonds is 5. The lowest BCUT2D eigenvalue weighted by atomic mass is 10.0. The zero-order valence-electron chi connectivity index (χ0n) is 10.8. The van der Waals surface area contributed by atoms with Crippen LogP contribution in [-0.4, -0.2) is 19.7 Å². The molecule has 2 nitrogen and oxygen atoms in total. The minimum absolute atomic E-state index is 0.527. The van der Waals surface area contributed by atoms with Crippen molar-refractivity contribution in [1.29, 1.82) is 0 Å². The first-order valence-corrected chi connectivity index (χ1v) is 7.04. The predicted octanol–water partition coefficient (Wildman–Crippen LogP) is 3.25. The Bertz CT molecular complexity index is 438. The standard InChI is InChI=1S/C16H21NO/c1-2-6-13(5-1)9-10-17-11-14-12-18-16-8-4-3-7-15(14)16/h3-5,7-8,14,17H,1-2,6,9-12H2. The van der Waals surface area contributed by atoms with Gasteiger partial charge in [-0.25, -0.2) is 0 Å². The van der Waals surface area contributed by atoms with Crippen LogP contribution in [0.2, 0.25) is 0 Å². The molecule has 1 N–H and O–H groups in total. The number of hydrogen-bond donors (Lipinski definition) is 1. The molecule has 0 amide bonds. The summed E-state index contributed by atoms with van der Waals surface area (Å²) in [6.45, 7) is 2.96. The molecule has 1 heterocycles. The molecule has 1 unspecified atom stereocenters. The van der Waals surface area contributed by atoms with Gasteiger partial charge < -0.3 is 10.1 Å². The normalized spacial score (nSPS) is 21.6. The Labute approximate surface area is 109 Å². The van der Waals surface area contributed by atoms with Crippen molar-refractivity contribution in [1.82, 2.24) is 5.32 Å². The third-order valence-corrected chi connectivity index (χ3v) is 3.95. The molecule has 1 aliphatic carbocycles. The Kier molecular flexibility index (Phi) is 3.65. The third-order valence-electron chi connectivity index (χ3n) is 3.95. The summed E-state index contributed by atoms with van der Waals surface area (Å²) in [5.41, 5.74) is 3.01. The van der Waals surface area contributed by atoms with Crippen molar-refractivity contribution in [3.63, 3.8) is 0 Å². The van der Waals surface area contributed by atoms with Gasteiger partial charge in [-0.1, -0.05) is 29.8 Å². The molecule has 0 saturated heterocycles. The molecule has 0 fully saturated rings. The van der Waals surface area contributed by atoms with Gasteiger partial charge in [0.25, 0.3) is 0 Å². The number of hydrogen-bond acceptors (Lipinski definition) is 2. The number of nitrogens with one attached hydrogen (secondary N) is 1. The van der Waals surface area contributed by atoms with Crippen LogP contribution in [0.1, 0.15) is 37.2 Å². The topological polar surface area (TPSA) is 21.3 Å². The summed E-state index contributed by atoms with van der Waals surface area (Å²) in [6, 6.07) is 8.40.